The first-order chi connectivity index (χ1) is 11.9. The predicted molar refractivity (Wildman–Crippen MR) is 97.5 cm³/mol. The molecule has 0 aliphatic heterocycles. The smallest absolute Gasteiger partial charge is 0.376 e. The van der Waals surface area contributed by atoms with E-state index in [-0.39, 0.29) is 17.5 Å². The van der Waals surface area contributed by atoms with Gasteiger partial charge in [-0.3, -0.25) is 0 Å². The van der Waals surface area contributed by atoms with Crippen molar-refractivity contribution >= 4 is 50.6 Å². The van der Waals surface area contributed by atoms with E-state index >= 15 is 0 Å². The minimum Gasteiger partial charge on any atom is -0.460 e. The van der Waals surface area contributed by atoms with Crippen LogP contribution in [0.2, 0.25) is 5.02 Å². The Labute approximate surface area is 152 Å². The van der Waals surface area contributed by atoms with Gasteiger partial charge in [-0.1, -0.05) is 11.6 Å². The van der Waals surface area contributed by atoms with Crippen molar-refractivity contribution in [1.29, 1.82) is 0 Å². The number of anilines is 2. The number of nitrogens with zero attached hydrogens (tertiary/aromatic N) is 2. The molecule has 3 rings (SSSR count). The number of carbonyl (C=O) groups is 1. The molecule has 1 N–H and O–H groups in total. The molecule has 0 spiro atoms. The first-order valence-corrected chi connectivity index (χ1v) is 8.77. The number of thiophene rings is 1. The summed E-state index contributed by atoms with van der Waals surface area (Å²) in [5.41, 5.74) is 1.58. The molecule has 0 amide bonds. The second kappa shape index (κ2) is 6.93. The third-order valence-corrected chi connectivity index (χ3v) is 5.06. The van der Waals surface area contributed by atoms with Gasteiger partial charge in [0.25, 0.3) is 0 Å². The molecule has 0 aliphatic carbocycles. The second-order valence-electron chi connectivity index (χ2n) is 5.33. The minimum absolute atomic E-state index is 0.000799. The highest BCUT2D eigenvalue weighted by atomic mass is 35.5. The van der Waals surface area contributed by atoms with Crippen LogP contribution in [0.3, 0.4) is 0 Å². The third-order valence-electron chi connectivity index (χ3n) is 3.67. The molecule has 0 fully saturated rings. The lowest BCUT2D eigenvalue weighted by Crippen LogP contribution is -2.11. The Morgan fingerprint density at radius 1 is 1.36 bits per heavy atom. The standard InChI is InChI=1S/C17H15ClFN3O2S/c1-4-24-17(23)15-21-14(13-8(2)9(3)25-16(13)22-15)20-10-5-6-12(19)11(18)7-10/h5-7H,4H2,1-3H3,(H,20,21,22). The van der Waals surface area contributed by atoms with Crippen LogP contribution >= 0.6 is 22.9 Å². The van der Waals surface area contributed by atoms with Gasteiger partial charge >= 0.3 is 5.97 Å². The zero-order chi connectivity index (χ0) is 18.1. The van der Waals surface area contributed by atoms with Crippen molar-refractivity contribution in [2.75, 3.05) is 11.9 Å². The molecule has 5 nitrogen and oxygen atoms in total. The van der Waals surface area contributed by atoms with Crippen molar-refractivity contribution in [2.24, 2.45) is 0 Å². The van der Waals surface area contributed by atoms with Crippen LogP contribution in [-0.4, -0.2) is 22.5 Å². The summed E-state index contributed by atoms with van der Waals surface area (Å²) in [4.78, 5) is 22.4. The van der Waals surface area contributed by atoms with Gasteiger partial charge in [-0.2, -0.15) is 0 Å². The molecule has 2 aromatic heterocycles. The van der Waals surface area contributed by atoms with Gasteiger partial charge in [0, 0.05) is 10.6 Å². The summed E-state index contributed by atoms with van der Waals surface area (Å²) in [5.74, 6) is -0.660. The van der Waals surface area contributed by atoms with Crippen molar-refractivity contribution < 1.29 is 13.9 Å². The number of fused-ring (bicyclic) bond motifs is 1. The number of aryl methyl sites for hydroxylation is 2. The first kappa shape index (κ1) is 17.6. The number of halogens is 2. The lowest BCUT2D eigenvalue weighted by molar-refractivity contribution is 0.0512. The highest BCUT2D eigenvalue weighted by Crippen LogP contribution is 2.35. The lowest BCUT2D eigenvalue weighted by atomic mass is 10.2. The van der Waals surface area contributed by atoms with Crippen LogP contribution < -0.4 is 5.32 Å². The van der Waals surface area contributed by atoms with Crippen LogP contribution in [0.4, 0.5) is 15.9 Å². The SMILES string of the molecule is CCOC(=O)c1nc(Nc2ccc(F)c(Cl)c2)c2c(C)c(C)sc2n1. The number of carbonyl (C=O) groups excluding carboxylic acids is 1. The Bertz CT molecular complexity index is 974. The Kier molecular flexibility index (Phi) is 4.87. The molecular weight excluding hydrogens is 365 g/mol. The summed E-state index contributed by atoms with van der Waals surface area (Å²) >= 11 is 7.31. The molecule has 25 heavy (non-hydrogen) atoms. The highest BCUT2D eigenvalue weighted by Gasteiger charge is 2.19. The molecule has 0 saturated heterocycles. The van der Waals surface area contributed by atoms with Crippen LogP contribution in [0.15, 0.2) is 18.2 Å². The van der Waals surface area contributed by atoms with E-state index in [0.29, 0.717) is 16.3 Å². The van der Waals surface area contributed by atoms with Crippen LogP contribution in [-0.2, 0) is 4.74 Å². The second-order valence-corrected chi connectivity index (χ2v) is 6.94. The van der Waals surface area contributed by atoms with Gasteiger partial charge < -0.3 is 10.1 Å². The van der Waals surface area contributed by atoms with E-state index in [9.17, 15) is 9.18 Å². The lowest BCUT2D eigenvalue weighted by Gasteiger charge is -2.10. The van der Waals surface area contributed by atoms with E-state index in [4.69, 9.17) is 16.3 Å². The number of esters is 1. The van der Waals surface area contributed by atoms with E-state index in [1.54, 1.807) is 13.0 Å². The quantitative estimate of drug-likeness (QED) is 0.645. The van der Waals surface area contributed by atoms with Gasteiger partial charge in [-0.25, -0.2) is 19.2 Å². The average Bonchev–Trinajstić information content (AvgIpc) is 2.86. The Balaban J connectivity index is 2.13. The van der Waals surface area contributed by atoms with E-state index in [2.05, 4.69) is 15.3 Å². The molecule has 0 saturated carbocycles. The van der Waals surface area contributed by atoms with Crippen molar-refractivity contribution in [3.05, 3.63) is 45.3 Å². The number of ether oxygens (including phenoxy) is 1. The molecular formula is C17H15ClFN3O2S. The van der Waals surface area contributed by atoms with E-state index in [0.717, 1.165) is 15.8 Å². The molecule has 0 atom stereocenters. The number of rotatable bonds is 4. The van der Waals surface area contributed by atoms with E-state index in [1.165, 1.54) is 23.5 Å². The topological polar surface area (TPSA) is 64.1 Å². The number of hydrogen-bond donors (Lipinski definition) is 1. The van der Waals surface area contributed by atoms with Crippen LogP contribution in [0.1, 0.15) is 28.0 Å². The summed E-state index contributed by atoms with van der Waals surface area (Å²) < 4.78 is 18.4. The fourth-order valence-electron chi connectivity index (χ4n) is 2.34. The summed E-state index contributed by atoms with van der Waals surface area (Å²) in [6.07, 6.45) is 0. The molecule has 0 radical (unpaired) electrons. The normalized spacial score (nSPS) is 10.9. The van der Waals surface area contributed by atoms with E-state index < -0.39 is 11.8 Å². The Morgan fingerprint density at radius 2 is 2.12 bits per heavy atom. The summed E-state index contributed by atoms with van der Waals surface area (Å²) in [5, 5.41) is 3.92. The summed E-state index contributed by atoms with van der Waals surface area (Å²) in [6.45, 7) is 5.89. The van der Waals surface area contributed by atoms with Gasteiger partial charge in [0.2, 0.25) is 5.82 Å². The number of hydrogen-bond acceptors (Lipinski definition) is 6. The Morgan fingerprint density at radius 3 is 2.80 bits per heavy atom. The van der Waals surface area contributed by atoms with Gasteiger partial charge in [0.15, 0.2) is 0 Å². The summed E-state index contributed by atoms with van der Waals surface area (Å²) in [7, 11) is 0. The van der Waals surface area contributed by atoms with Gasteiger partial charge in [0.1, 0.15) is 16.5 Å². The monoisotopic (exact) mass is 379 g/mol. The summed E-state index contributed by atoms with van der Waals surface area (Å²) in [6, 6.07) is 4.28. The maximum Gasteiger partial charge on any atom is 0.376 e. The fourth-order valence-corrected chi connectivity index (χ4v) is 3.55. The largest absolute Gasteiger partial charge is 0.460 e. The molecule has 0 aliphatic rings. The molecule has 8 heteroatoms. The zero-order valence-electron chi connectivity index (χ0n) is 13.8. The predicted octanol–water partition coefficient (Wildman–Crippen LogP) is 5.02. The maximum absolute atomic E-state index is 13.4. The maximum atomic E-state index is 13.4. The number of nitrogens with one attached hydrogen (secondary N) is 1. The van der Waals surface area contributed by atoms with Crippen LogP contribution in [0, 0.1) is 19.7 Å². The van der Waals surface area contributed by atoms with Crippen molar-refractivity contribution in [2.45, 2.75) is 20.8 Å². The molecule has 0 unspecified atom stereocenters. The number of benzene rings is 1. The van der Waals surface area contributed by atoms with Gasteiger partial charge in [-0.15, -0.1) is 11.3 Å². The van der Waals surface area contributed by atoms with Gasteiger partial charge in [0.05, 0.1) is 17.0 Å². The van der Waals surface area contributed by atoms with E-state index in [1.807, 2.05) is 13.8 Å². The molecule has 3 aromatic rings. The minimum atomic E-state index is -0.590. The molecule has 2 heterocycles. The van der Waals surface area contributed by atoms with Crippen molar-refractivity contribution in [3.8, 4) is 0 Å². The van der Waals surface area contributed by atoms with Crippen molar-refractivity contribution in [1.82, 2.24) is 9.97 Å². The first-order valence-electron chi connectivity index (χ1n) is 7.57. The average molecular weight is 380 g/mol. The zero-order valence-corrected chi connectivity index (χ0v) is 15.4. The van der Waals surface area contributed by atoms with Gasteiger partial charge in [-0.05, 0) is 44.5 Å². The fraction of sp³-hybridized carbons (Fsp3) is 0.235. The Hall–Kier alpha value is -2.25. The molecule has 0 bridgehead atoms. The van der Waals surface area contributed by atoms with Crippen LogP contribution in [0.5, 0.6) is 0 Å². The van der Waals surface area contributed by atoms with Crippen molar-refractivity contribution in [3.63, 3.8) is 0 Å². The number of aromatic nitrogens is 2. The van der Waals surface area contributed by atoms with Crippen LogP contribution in [0.25, 0.3) is 10.2 Å². The highest BCUT2D eigenvalue weighted by molar-refractivity contribution is 7.18. The third kappa shape index (κ3) is 3.43. The molecule has 130 valence electrons. The molecule has 1 aromatic carbocycles.